The first kappa shape index (κ1) is 26.8. The highest BCUT2D eigenvalue weighted by molar-refractivity contribution is 5.72. The first-order valence-electron chi connectivity index (χ1n) is 13.8. The minimum Gasteiger partial charge on any atom is -0.497 e. The number of rotatable bonds is 8. The van der Waals surface area contributed by atoms with Crippen LogP contribution in [0, 0.1) is 5.41 Å². The first-order valence-corrected chi connectivity index (χ1v) is 13.8. The van der Waals surface area contributed by atoms with Gasteiger partial charge in [-0.2, -0.15) is 0 Å². The molecule has 3 aliphatic heterocycles. The van der Waals surface area contributed by atoms with Crippen molar-refractivity contribution in [2.24, 2.45) is 5.41 Å². The van der Waals surface area contributed by atoms with Gasteiger partial charge in [0, 0.05) is 55.7 Å². The van der Waals surface area contributed by atoms with E-state index in [1.807, 2.05) is 26.1 Å². The lowest BCUT2D eigenvalue weighted by molar-refractivity contribution is -0.228. The molecule has 208 valence electrons. The fourth-order valence-corrected chi connectivity index (χ4v) is 8.21. The van der Waals surface area contributed by atoms with Crippen LogP contribution in [0.5, 0.6) is 5.75 Å². The molecular weight excluding hydrogens is 486 g/mol. The van der Waals surface area contributed by atoms with Gasteiger partial charge in [0.1, 0.15) is 18.5 Å². The number of unbranched alkanes of at least 4 members (excludes halogenated alkanes) is 1. The summed E-state index contributed by atoms with van der Waals surface area (Å²) in [5, 5.41) is 15.7. The monoisotopic (exact) mass is 527 g/mol. The summed E-state index contributed by atoms with van der Waals surface area (Å²) in [6.07, 6.45) is 6.04. The van der Waals surface area contributed by atoms with Gasteiger partial charge in [-0.05, 0) is 37.4 Å². The summed E-state index contributed by atoms with van der Waals surface area (Å²) in [6, 6.07) is 5.61. The van der Waals surface area contributed by atoms with Crippen LogP contribution in [0.3, 0.4) is 0 Å². The molecule has 0 aromatic heterocycles. The third kappa shape index (κ3) is 3.65. The Morgan fingerprint density at radius 3 is 2.71 bits per heavy atom. The van der Waals surface area contributed by atoms with E-state index in [0.717, 1.165) is 49.4 Å². The summed E-state index contributed by atoms with van der Waals surface area (Å²) in [7, 11) is 3.61. The summed E-state index contributed by atoms with van der Waals surface area (Å²) in [5.41, 5.74) is -0.691. The maximum absolute atomic E-state index is 12.9. The quantitative estimate of drug-likeness (QED) is 0.302. The highest BCUT2D eigenvalue weighted by Gasteiger charge is 2.78. The molecule has 0 unspecified atom stereocenters. The average molecular weight is 528 g/mol. The van der Waals surface area contributed by atoms with Crippen LogP contribution in [0.1, 0.15) is 52.0 Å². The summed E-state index contributed by atoms with van der Waals surface area (Å²) in [5.74, 6) is 0.266. The normalized spacial score (nSPS) is 34.8. The Morgan fingerprint density at radius 1 is 1.24 bits per heavy atom. The lowest BCUT2D eigenvalue weighted by Crippen LogP contribution is -2.80. The molecule has 9 nitrogen and oxygen atoms in total. The maximum atomic E-state index is 12.9. The van der Waals surface area contributed by atoms with Crippen LogP contribution >= 0.6 is 0 Å². The number of ether oxygens (including phenoxy) is 3. The van der Waals surface area contributed by atoms with E-state index in [4.69, 9.17) is 14.2 Å². The lowest BCUT2D eigenvalue weighted by Gasteiger charge is -2.64. The van der Waals surface area contributed by atoms with E-state index < -0.39 is 40.6 Å². The second-order valence-electron chi connectivity index (χ2n) is 11.3. The summed E-state index contributed by atoms with van der Waals surface area (Å²) < 4.78 is 17.4. The van der Waals surface area contributed by atoms with Crippen molar-refractivity contribution >= 4 is 17.7 Å². The molecule has 6 atom stereocenters. The van der Waals surface area contributed by atoms with Crippen molar-refractivity contribution in [2.75, 3.05) is 45.3 Å². The number of nitrogens with zero attached hydrogens (tertiary/aromatic N) is 2. The minimum atomic E-state index is -1.68. The SMILES string of the molecule is CCCCNC(=O)OC[C@@]1(O)[C@H](OC(C)=O)[C@]2(CC)C=CCN3CC[C@@]4(c5ccc(OC)cc5N(C)[C@@H]14)[C@@H]32. The number of esters is 1. The van der Waals surface area contributed by atoms with Crippen molar-refractivity contribution in [3.63, 3.8) is 0 Å². The van der Waals surface area contributed by atoms with Gasteiger partial charge in [0.05, 0.1) is 13.2 Å². The van der Waals surface area contributed by atoms with Crippen LogP contribution in [0.2, 0.25) is 0 Å². The number of hydrogen-bond donors (Lipinski definition) is 2. The van der Waals surface area contributed by atoms with Crippen LogP contribution in [-0.2, 0) is 19.7 Å². The van der Waals surface area contributed by atoms with E-state index >= 15 is 0 Å². The lowest BCUT2D eigenvalue weighted by atomic mass is 9.48. The topological polar surface area (TPSA) is 101 Å². The van der Waals surface area contributed by atoms with Crippen molar-refractivity contribution in [1.82, 2.24) is 10.2 Å². The standard InChI is InChI=1S/C29H41N3O6/c1-6-8-14-30-26(34)37-18-29(35)24-28(21-11-10-20(36-5)17-22(21)31(24)4)13-16-32-15-9-12-27(7-2,23(28)32)25(29)38-19(3)33/h9-12,17,23-25,35H,6-8,13-16,18H2,1-5H3,(H,30,34)/t23-,24+,25+,27+,28+,29-/m0/s1. The Labute approximate surface area is 225 Å². The van der Waals surface area contributed by atoms with Crippen molar-refractivity contribution in [1.29, 1.82) is 0 Å². The number of amides is 1. The van der Waals surface area contributed by atoms with Crippen LogP contribution < -0.4 is 15.0 Å². The number of fused-ring (bicyclic) bond motifs is 1. The van der Waals surface area contributed by atoms with E-state index in [-0.39, 0.29) is 12.6 Å². The molecule has 38 heavy (non-hydrogen) atoms. The molecule has 1 saturated heterocycles. The number of anilines is 1. The zero-order valence-corrected chi connectivity index (χ0v) is 23.2. The second kappa shape index (κ2) is 9.75. The van der Waals surface area contributed by atoms with E-state index in [9.17, 15) is 14.7 Å². The molecule has 9 heteroatoms. The van der Waals surface area contributed by atoms with Crippen LogP contribution in [0.4, 0.5) is 10.5 Å². The number of nitrogens with one attached hydrogen (secondary N) is 1. The first-order chi connectivity index (χ1) is 18.2. The smallest absolute Gasteiger partial charge is 0.407 e. The van der Waals surface area contributed by atoms with Gasteiger partial charge >= 0.3 is 12.1 Å². The minimum absolute atomic E-state index is 0.00454. The number of aliphatic hydroxyl groups is 1. The third-order valence-corrected chi connectivity index (χ3v) is 9.45. The Morgan fingerprint density at radius 2 is 2.03 bits per heavy atom. The predicted octanol–water partition coefficient (Wildman–Crippen LogP) is 2.99. The van der Waals surface area contributed by atoms with Crippen molar-refractivity contribution in [3.05, 3.63) is 35.9 Å². The molecular formula is C29H41N3O6. The van der Waals surface area contributed by atoms with Gasteiger partial charge in [-0.15, -0.1) is 0 Å². The molecule has 5 rings (SSSR count). The van der Waals surface area contributed by atoms with E-state index in [1.54, 1.807) is 7.11 Å². The number of hydrogen-bond acceptors (Lipinski definition) is 8. The second-order valence-corrected chi connectivity index (χ2v) is 11.3. The van der Waals surface area contributed by atoms with Gasteiger partial charge in [-0.3, -0.25) is 9.69 Å². The largest absolute Gasteiger partial charge is 0.497 e. The highest BCUT2D eigenvalue weighted by Crippen LogP contribution is 2.67. The molecule has 1 saturated carbocycles. The summed E-state index contributed by atoms with van der Waals surface area (Å²) >= 11 is 0. The van der Waals surface area contributed by atoms with E-state index in [2.05, 4.69) is 40.3 Å². The third-order valence-electron chi connectivity index (χ3n) is 9.45. The predicted molar refractivity (Wildman–Crippen MR) is 143 cm³/mol. The summed E-state index contributed by atoms with van der Waals surface area (Å²) in [4.78, 5) is 29.8. The van der Waals surface area contributed by atoms with Crippen LogP contribution in [0.15, 0.2) is 30.4 Å². The Kier molecular flexibility index (Phi) is 6.88. The molecule has 0 radical (unpaired) electrons. The Hall–Kier alpha value is -2.78. The molecule has 1 aromatic carbocycles. The maximum Gasteiger partial charge on any atom is 0.407 e. The van der Waals surface area contributed by atoms with Gasteiger partial charge in [0.15, 0.2) is 5.60 Å². The molecule has 0 bridgehead atoms. The number of likely N-dealkylation sites (N-methyl/N-ethyl adjacent to an activating group) is 1. The molecule has 2 N–H and O–H groups in total. The number of carbonyl (C=O) groups is 2. The highest BCUT2D eigenvalue weighted by atomic mass is 16.6. The summed E-state index contributed by atoms with van der Waals surface area (Å²) in [6.45, 7) is 7.37. The average Bonchev–Trinajstić information content (AvgIpc) is 3.42. The fraction of sp³-hybridized carbons (Fsp3) is 0.655. The van der Waals surface area contributed by atoms with Crippen LogP contribution in [-0.4, -0.2) is 86.3 Å². The number of methoxy groups -OCH3 is 1. The number of benzene rings is 1. The zero-order chi connectivity index (χ0) is 27.3. The van der Waals surface area contributed by atoms with Crippen molar-refractivity contribution in [3.8, 4) is 5.75 Å². The van der Waals surface area contributed by atoms with Gasteiger partial charge in [0.2, 0.25) is 0 Å². The van der Waals surface area contributed by atoms with Gasteiger partial charge in [0.25, 0.3) is 0 Å². The molecule has 3 heterocycles. The molecule has 1 amide bonds. The van der Waals surface area contributed by atoms with Crippen molar-refractivity contribution in [2.45, 2.75) is 75.7 Å². The number of alkyl carbamates (subject to hydrolysis) is 1. The fourth-order valence-electron chi connectivity index (χ4n) is 8.21. The molecule has 1 aromatic rings. The van der Waals surface area contributed by atoms with Crippen LogP contribution in [0.25, 0.3) is 0 Å². The van der Waals surface area contributed by atoms with Gasteiger partial charge in [-0.1, -0.05) is 38.5 Å². The van der Waals surface area contributed by atoms with Gasteiger partial charge in [-0.25, -0.2) is 4.79 Å². The Bertz CT molecular complexity index is 1130. The number of carbonyl (C=O) groups excluding carboxylic acids is 2. The van der Waals surface area contributed by atoms with E-state index in [1.165, 1.54) is 6.92 Å². The van der Waals surface area contributed by atoms with E-state index in [0.29, 0.717) is 13.0 Å². The molecule has 4 aliphatic rings. The molecule has 2 fully saturated rings. The molecule has 1 aliphatic carbocycles. The van der Waals surface area contributed by atoms with Gasteiger partial charge < -0.3 is 29.5 Å². The zero-order valence-electron chi connectivity index (χ0n) is 23.2. The Balaban J connectivity index is 1.68. The van der Waals surface area contributed by atoms with Crippen molar-refractivity contribution < 1.29 is 28.9 Å². The molecule has 1 spiro atoms.